The summed E-state index contributed by atoms with van der Waals surface area (Å²) < 4.78 is 13.5. The van der Waals surface area contributed by atoms with Crippen LogP contribution in [0.25, 0.3) is 0 Å². The quantitative estimate of drug-likeness (QED) is 0.757. The van der Waals surface area contributed by atoms with Gasteiger partial charge in [0, 0.05) is 15.8 Å². The van der Waals surface area contributed by atoms with Gasteiger partial charge in [0.25, 0.3) is 0 Å². The Balaban J connectivity index is 1.88. The first kappa shape index (κ1) is 15.5. The zero-order chi connectivity index (χ0) is 14.5. The van der Waals surface area contributed by atoms with Gasteiger partial charge in [-0.05, 0) is 52.4 Å². The van der Waals surface area contributed by atoms with Crippen LogP contribution in [0.1, 0.15) is 17.7 Å². The van der Waals surface area contributed by atoms with Crippen LogP contribution in [-0.4, -0.2) is 5.91 Å². The van der Waals surface area contributed by atoms with Crippen LogP contribution >= 0.6 is 38.9 Å². The molecule has 0 unspecified atom stereocenters. The van der Waals surface area contributed by atoms with Crippen LogP contribution in [-0.2, 0) is 11.2 Å². The van der Waals surface area contributed by atoms with Gasteiger partial charge in [-0.1, -0.05) is 17.7 Å². The van der Waals surface area contributed by atoms with Crippen LogP contribution in [0.5, 0.6) is 0 Å². The number of anilines is 1. The third-order valence-electron chi connectivity index (χ3n) is 2.68. The lowest BCUT2D eigenvalue weighted by Gasteiger charge is -2.09. The molecule has 1 aromatic carbocycles. The van der Waals surface area contributed by atoms with E-state index in [1.165, 1.54) is 17.0 Å². The second-order valence-electron chi connectivity index (χ2n) is 4.23. The fourth-order valence-corrected chi connectivity index (χ4v) is 3.39. The molecule has 6 heteroatoms. The molecule has 0 aliphatic carbocycles. The first-order valence-corrected chi connectivity index (χ1v) is 8.08. The average molecular weight is 377 g/mol. The summed E-state index contributed by atoms with van der Waals surface area (Å²) in [5.41, 5.74) is 0.411. The lowest BCUT2D eigenvalue weighted by atomic mass is 10.2. The van der Waals surface area contributed by atoms with Gasteiger partial charge in [0.15, 0.2) is 0 Å². The molecular weight excluding hydrogens is 365 g/mol. The number of aryl methyl sites for hydroxylation is 1. The highest BCUT2D eigenvalue weighted by Gasteiger charge is 2.11. The molecule has 0 aliphatic rings. The second-order valence-corrected chi connectivity index (χ2v) is 6.52. The van der Waals surface area contributed by atoms with E-state index in [2.05, 4.69) is 27.3 Å². The Hall–Kier alpha value is -0.910. The van der Waals surface area contributed by atoms with E-state index in [1.807, 2.05) is 11.4 Å². The first-order valence-electron chi connectivity index (χ1n) is 6.03. The van der Waals surface area contributed by atoms with Gasteiger partial charge in [-0.3, -0.25) is 4.79 Å². The molecule has 0 aliphatic heterocycles. The zero-order valence-electron chi connectivity index (χ0n) is 10.5. The van der Waals surface area contributed by atoms with E-state index in [4.69, 9.17) is 11.6 Å². The summed E-state index contributed by atoms with van der Waals surface area (Å²) in [6, 6.07) is 6.49. The van der Waals surface area contributed by atoms with Crippen molar-refractivity contribution in [1.82, 2.24) is 0 Å². The Labute approximate surface area is 134 Å². The number of carbonyl (C=O) groups excluding carboxylic acids is 1. The molecular formula is C14H12BrClFNOS. The molecule has 0 saturated heterocycles. The molecule has 0 atom stereocenters. The third-order valence-corrected chi connectivity index (χ3v) is 4.54. The van der Waals surface area contributed by atoms with E-state index in [9.17, 15) is 9.18 Å². The molecule has 1 N–H and O–H groups in total. The van der Waals surface area contributed by atoms with E-state index >= 15 is 0 Å². The van der Waals surface area contributed by atoms with Crippen LogP contribution in [0.4, 0.5) is 10.1 Å². The number of benzene rings is 1. The summed E-state index contributed by atoms with van der Waals surface area (Å²) >= 11 is 10.8. The van der Waals surface area contributed by atoms with Crippen LogP contribution in [0.3, 0.4) is 0 Å². The van der Waals surface area contributed by atoms with Crippen molar-refractivity contribution in [1.29, 1.82) is 0 Å². The van der Waals surface area contributed by atoms with Crippen molar-refractivity contribution in [2.24, 2.45) is 0 Å². The van der Waals surface area contributed by atoms with Gasteiger partial charge < -0.3 is 5.32 Å². The SMILES string of the molecule is O=C(CCCc1cccs1)Nc1c(Cl)cc(F)cc1Br. The minimum atomic E-state index is -0.447. The van der Waals surface area contributed by atoms with Crippen molar-refractivity contribution < 1.29 is 9.18 Å². The number of thiophene rings is 1. The minimum Gasteiger partial charge on any atom is -0.324 e. The molecule has 1 aromatic heterocycles. The molecule has 106 valence electrons. The summed E-state index contributed by atoms with van der Waals surface area (Å²) in [5.74, 6) is -0.576. The predicted octanol–water partition coefficient (Wildman–Crippen LogP) is 5.26. The summed E-state index contributed by atoms with van der Waals surface area (Å²) in [4.78, 5) is 13.1. The highest BCUT2D eigenvalue weighted by atomic mass is 79.9. The van der Waals surface area contributed by atoms with Crippen LogP contribution < -0.4 is 5.32 Å². The number of hydrogen-bond donors (Lipinski definition) is 1. The van der Waals surface area contributed by atoms with E-state index in [-0.39, 0.29) is 10.9 Å². The van der Waals surface area contributed by atoms with Gasteiger partial charge in [-0.2, -0.15) is 0 Å². The van der Waals surface area contributed by atoms with Crippen molar-refractivity contribution in [3.8, 4) is 0 Å². The fourth-order valence-electron chi connectivity index (χ4n) is 1.74. The van der Waals surface area contributed by atoms with Crippen molar-refractivity contribution in [2.75, 3.05) is 5.32 Å². The smallest absolute Gasteiger partial charge is 0.224 e. The molecule has 0 radical (unpaired) electrons. The number of rotatable bonds is 5. The highest BCUT2D eigenvalue weighted by molar-refractivity contribution is 9.10. The lowest BCUT2D eigenvalue weighted by Crippen LogP contribution is -2.12. The molecule has 1 amide bonds. The molecule has 2 aromatic rings. The van der Waals surface area contributed by atoms with Crippen LogP contribution in [0.15, 0.2) is 34.1 Å². The van der Waals surface area contributed by atoms with Crippen molar-refractivity contribution >= 4 is 50.5 Å². The predicted molar refractivity (Wildman–Crippen MR) is 85.0 cm³/mol. The topological polar surface area (TPSA) is 29.1 Å². The van der Waals surface area contributed by atoms with Crippen LogP contribution in [0, 0.1) is 5.82 Å². The molecule has 0 bridgehead atoms. The molecule has 0 fully saturated rings. The maximum atomic E-state index is 13.1. The summed E-state index contributed by atoms with van der Waals surface area (Å²) in [7, 11) is 0. The number of nitrogens with one attached hydrogen (secondary N) is 1. The van der Waals surface area contributed by atoms with Gasteiger partial charge >= 0.3 is 0 Å². The molecule has 2 nitrogen and oxygen atoms in total. The Morgan fingerprint density at radius 3 is 2.90 bits per heavy atom. The number of hydrogen-bond acceptors (Lipinski definition) is 2. The van der Waals surface area contributed by atoms with Crippen LogP contribution in [0.2, 0.25) is 5.02 Å². The van der Waals surface area contributed by atoms with E-state index in [0.717, 1.165) is 12.8 Å². The molecule has 2 rings (SSSR count). The van der Waals surface area contributed by atoms with Gasteiger partial charge in [0.2, 0.25) is 5.91 Å². The third kappa shape index (κ3) is 4.30. The van der Waals surface area contributed by atoms with Gasteiger partial charge in [0.1, 0.15) is 5.82 Å². The van der Waals surface area contributed by atoms with E-state index in [0.29, 0.717) is 16.6 Å². The number of halogens is 3. The van der Waals surface area contributed by atoms with Crippen molar-refractivity contribution in [3.63, 3.8) is 0 Å². The Bertz CT molecular complexity index is 580. The van der Waals surface area contributed by atoms with Gasteiger partial charge in [-0.15, -0.1) is 11.3 Å². The van der Waals surface area contributed by atoms with Gasteiger partial charge in [-0.25, -0.2) is 4.39 Å². The molecule has 0 spiro atoms. The maximum Gasteiger partial charge on any atom is 0.224 e. The largest absolute Gasteiger partial charge is 0.324 e. The standard InChI is InChI=1S/C14H12BrClFNOS/c15-11-7-9(17)8-12(16)14(11)18-13(19)5-1-3-10-4-2-6-20-10/h2,4,6-8H,1,3,5H2,(H,18,19). The molecule has 0 saturated carbocycles. The summed E-state index contributed by atoms with van der Waals surface area (Å²) in [5, 5.41) is 4.91. The Kier molecular flexibility index (Phi) is 5.57. The fraction of sp³-hybridized carbons (Fsp3) is 0.214. The van der Waals surface area contributed by atoms with E-state index < -0.39 is 5.82 Å². The monoisotopic (exact) mass is 375 g/mol. The summed E-state index contributed by atoms with van der Waals surface area (Å²) in [6.45, 7) is 0. The summed E-state index contributed by atoms with van der Waals surface area (Å²) in [6.07, 6.45) is 2.05. The highest BCUT2D eigenvalue weighted by Crippen LogP contribution is 2.31. The number of carbonyl (C=O) groups is 1. The zero-order valence-corrected chi connectivity index (χ0v) is 13.6. The average Bonchev–Trinajstić information content (AvgIpc) is 2.87. The normalized spacial score (nSPS) is 10.6. The lowest BCUT2D eigenvalue weighted by molar-refractivity contribution is -0.116. The van der Waals surface area contributed by atoms with Crippen molar-refractivity contribution in [3.05, 3.63) is 49.8 Å². The first-order chi connectivity index (χ1) is 9.56. The second kappa shape index (κ2) is 7.20. The van der Waals surface area contributed by atoms with Gasteiger partial charge in [0.05, 0.1) is 10.7 Å². The Morgan fingerprint density at radius 1 is 1.45 bits per heavy atom. The van der Waals surface area contributed by atoms with E-state index in [1.54, 1.807) is 11.3 Å². The molecule has 1 heterocycles. The molecule has 20 heavy (non-hydrogen) atoms. The van der Waals surface area contributed by atoms with Crippen molar-refractivity contribution in [2.45, 2.75) is 19.3 Å². The Morgan fingerprint density at radius 2 is 2.25 bits per heavy atom. The maximum absolute atomic E-state index is 13.1. The number of amides is 1. The minimum absolute atomic E-state index is 0.129.